The lowest BCUT2D eigenvalue weighted by Crippen LogP contribution is -2.15. The topological polar surface area (TPSA) is 43.1 Å². The molecule has 2 N–H and O–H groups in total. The average Bonchev–Trinajstić information content (AvgIpc) is 2.94. The number of hydrogen-bond acceptors (Lipinski definition) is 1. The largest absolute Gasteiger partial charge is 0.366 e. The van der Waals surface area contributed by atoms with Gasteiger partial charge in [-0.3, -0.25) is 4.79 Å². The Morgan fingerprint density at radius 3 is 2.57 bits per heavy atom. The maximum absolute atomic E-state index is 11.0. The van der Waals surface area contributed by atoms with Crippen molar-refractivity contribution in [2.24, 2.45) is 11.7 Å². The molecule has 2 heteroatoms. The third-order valence-electron chi connectivity index (χ3n) is 2.40. The van der Waals surface area contributed by atoms with Crippen LogP contribution in [0.15, 0.2) is 23.8 Å². The van der Waals surface area contributed by atoms with E-state index < -0.39 is 0 Å². The van der Waals surface area contributed by atoms with Gasteiger partial charge in [-0.1, -0.05) is 25.2 Å². The molecule has 0 aliphatic heterocycles. The van der Waals surface area contributed by atoms with Gasteiger partial charge >= 0.3 is 0 Å². The maximum atomic E-state index is 11.0. The molecule has 0 unspecified atom stereocenters. The van der Waals surface area contributed by atoms with Crippen LogP contribution in [0, 0.1) is 5.92 Å². The highest BCUT2D eigenvalue weighted by molar-refractivity contribution is 5.92. The molecule has 0 bridgehead atoms. The molecule has 78 valence electrons. The summed E-state index contributed by atoms with van der Waals surface area (Å²) in [6.45, 7) is 2.12. The van der Waals surface area contributed by atoms with Gasteiger partial charge in [0.05, 0.1) is 0 Å². The number of amides is 1. The van der Waals surface area contributed by atoms with Crippen LogP contribution in [0.3, 0.4) is 0 Å². The molecule has 0 spiro atoms. The number of nitrogens with two attached hydrogens (primary N) is 1. The number of allylic oxidation sites excluding steroid dienone is 3. The highest BCUT2D eigenvalue weighted by Crippen LogP contribution is 2.36. The highest BCUT2D eigenvalue weighted by Gasteiger charge is 2.28. The first-order chi connectivity index (χ1) is 6.75. The van der Waals surface area contributed by atoms with Crippen molar-refractivity contribution < 1.29 is 4.79 Å². The van der Waals surface area contributed by atoms with Gasteiger partial charge in [-0.2, -0.15) is 0 Å². The van der Waals surface area contributed by atoms with Crippen molar-refractivity contribution in [3.63, 3.8) is 0 Å². The zero-order chi connectivity index (χ0) is 10.4. The molecule has 2 nitrogen and oxygen atoms in total. The SMILES string of the molecule is CC/C=C\CC/C=C(/C(N)=O)C1CC1. The minimum Gasteiger partial charge on any atom is -0.366 e. The lowest BCUT2D eigenvalue weighted by atomic mass is 10.1. The Kier molecular flexibility index (Phi) is 4.44. The van der Waals surface area contributed by atoms with Gasteiger partial charge in [0.1, 0.15) is 0 Å². The van der Waals surface area contributed by atoms with Crippen LogP contribution in [0.25, 0.3) is 0 Å². The van der Waals surface area contributed by atoms with Crippen LogP contribution in [-0.4, -0.2) is 5.91 Å². The van der Waals surface area contributed by atoms with E-state index in [0.717, 1.165) is 37.7 Å². The number of rotatable bonds is 6. The molecule has 0 aromatic rings. The summed E-state index contributed by atoms with van der Waals surface area (Å²) in [5, 5.41) is 0. The number of hydrogen-bond donors (Lipinski definition) is 1. The fraction of sp³-hybridized carbons (Fsp3) is 0.583. The molecule has 0 heterocycles. The van der Waals surface area contributed by atoms with Crippen molar-refractivity contribution in [3.05, 3.63) is 23.8 Å². The molecule has 0 saturated heterocycles. The third kappa shape index (κ3) is 3.77. The van der Waals surface area contributed by atoms with Crippen molar-refractivity contribution in [2.75, 3.05) is 0 Å². The molecule has 1 amide bonds. The molecule has 0 aromatic carbocycles. The first-order valence-electron chi connectivity index (χ1n) is 5.40. The predicted octanol–water partition coefficient (Wildman–Crippen LogP) is 2.55. The van der Waals surface area contributed by atoms with Crippen LogP contribution < -0.4 is 5.73 Å². The first-order valence-corrected chi connectivity index (χ1v) is 5.40. The molecule has 0 radical (unpaired) electrons. The lowest BCUT2D eigenvalue weighted by molar-refractivity contribution is -0.114. The van der Waals surface area contributed by atoms with Gasteiger partial charge in [0.15, 0.2) is 0 Å². The van der Waals surface area contributed by atoms with E-state index >= 15 is 0 Å². The zero-order valence-corrected chi connectivity index (χ0v) is 8.83. The minimum atomic E-state index is -0.230. The smallest absolute Gasteiger partial charge is 0.244 e. The monoisotopic (exact) mass is 193 g/mol. The summed E-state index contributed by atoms with van der Waals surface area (Å²) in [5.74, 6) is 0.245. The van der Waals surface area contributed by atoms with Gasteiger partial charge in [0, 0.05) is 5.57 Å². The van der Waals surface area contributed by atoms with Crippen LogP contribution >= 0.6 is 0 Å². The van der Waals surface area contributed by atoms with Crippen LogP contribution in [0.5, 0.6) is 0 Å². The van der Waals surface area contributed by atoms with Crippen LogP contribution in [0.1, 0.15) is 39.0 Å². The van der Waals surface area contributed by atoms with Gasteiger partial charge in [-0.15, -0.1) is 0 Å². The minimum absolute atomic E-state index is 0.230. The van der Waals surface area contributed by atoms with Gasteiger partial charge in [0.2, 0.25) is 5.91 Å². The van der Waals surface area contributed by atoms with Gasteiger partial charge in [-0.05, 0) is 38.0 Å². The van der Waals surface area contributed by atoms with E-state index in [0.29, 0.717) is 5.92 Å². The Hall–Kier alpha value is -1.05. The van der Waals surface area contributed by atoms with Crippen molar-refractivity contribution >= 4 is 5.91 Å². The molecule has 14 heavy (non-hydrogen) atoms. The highest BCUT2D eigenvalue weighted by atomic mass is 16.1. The molecule has 1 aliphatic carbocycles. The summed E-state index contributed by atoms with van der Waals surface area (Å²) < 4.78 is 0. The van der Waals surface area contributed by atoms with E-state index in [2.05, 4.69) is 19.1 Å². The fourth-order valence-corrected chi connectivity index (χ4v) is 1.48. The fourth-order valence-electron chi connectivity index (χ4n) is 1.48. The predicted molar refractivity (Wildman–Crippen MR) is 58.7 cm³/mol. The second-order valence-electron chi connectivity index (χ2n) is 3.75. The number of unbranched alkanes of at least 4 members (excludes halogenated alkanes) is 1. The first kappa shape index (κ1) is 11.0. The molecule has 1 fully saturated rings. The van der Waals surface area contributed by atoms with Crippen LogP contribution in [-0.2, 0) is 4.79 Å². The Labute approximate surface area is 85.9 Å². The Morgan fingerprint density at radius 1 is 1.36 bits per heavy atom. The Bertz CT molecular complexity index is 249. The summed E-state index contributed by atoms with van der Waals surface area (Å²) in [7, 11) is 0. The van der Waals surface area contributed by atoms with Gasteiger partial charge < -0.3 is 5.73 Å². The van der Waals surface area contributed by atoms with Gasteiger partial charge in [0.25, 0.3) is 0 Å². The second kappa shape index (κ2) is 5.63. The molecule has 1 rings (SSSR count). The Morgan fingerprint density at radius 2 is 2.07 bits per heavy atom. The number of primary amides is 1. The maximum Gasteiger partial charge on any atom is 0.244 e. The van der Waals surface area contributed by atoms with Crippen LogP contribution in [0.2, 0.25) is 0 Å². The number of carbonyl (C=O) groups is 1. The zero-order valence-electron chi connectivity index (χ0n) is 8.83. The molecule has 1 saturated carbocycles. The van der Waals surface area contributed by atoms with Crippen molar-refractivity contribution in [2.45, 2.75) is 39.0 Å². The molecule has 0 atom stereocenters. The van der Waals surface area contributed by atoms with Crippen molar-refractivity contribution in [1.29, 1.82) is 0 Å². The van der Waals surface area contributed by atoms with E-state index in [9.17, 15) is 4.79 Å². The van der Waals surface area contributed by atoms with Crippen LogP contribution in [0.4, 0.5) is 0 Å². The third-order valence-corrected chi connectivity index (χ3v) is 2.40. The van der Waals surface area contributed by atoms with E-state index in [4.69, 9.17) is 5.73 Å². The Balaban J connectivity index is 2.32. The summed E-state index contributed by atoms with van der Waals surface area (Å²) in [6.07, 6.45) is 11.6. The summed E-state index contributed by atoms with van der Waals surface area (Å²) in [6, 6.07) is 0. The summed E-state index contributed by atoms with van der Waals surface area (Å²) >= 11 is 0. The van der Waals surface area contributed by atoms with Gasteiger partial charge in [-0.25, -0.2) is 0 Å². The molecule has 0 aromatic heterocycles. The molecular formula is C12H19NO. The normalized spacial score (nSPS) is 17.6. The second-order valence-corrected chi connectivity index (χ2v) is 3.75. The van der Waals surface area contributed by atoms with E-state index in [-0.39, 0.29) is 5.91 Å². The van der Waals surface area contributed by atoms with E-state index in [1.807, 2.05) is 6.08 Å². The summed E-state index contributed by atoms with van der Waals surface area (Å²) in [4.78, 5) is 11.0. The summed E-state index contributed by atoms with van der Waals surface area (Å²) in [5.41, 5.74) is 6.15. The van der Waals surface area contributed by atoms with Crippen molar-refractivity contribution in [3.8, 4) is 0 Å². The lowest BCUT2D eigenvalue weighted by Gasteiger charge is -1.98. The quantitative estimate of drug-likeness (QED) is 0.393. The molecule has 1 aliphatic rings. The van der Waals surface area contributed by atoms with Crippen molar-refractivity contribution in [1.82, 2.24) is 0 Å². The average molecular weight is 193 g/mol. The number of carbonyl (C=O) groups excluding carboxylic acids is 1. The van der Waals surface area contributed by atoms with E-state index in [1.165, 1.54) is 0 Å². The standard InChI is InChI=1S/C12H19NO/c1-2-3-4-5-6-7-11(12(13)14)10-8-9-10/h3-4,7,10H,2,5-6,8-9H2,1H3,(H2,13,14)/b4-3-,11-7+. The molecular weight excluding hydrogens is 174 g/mol. The van der Waals surface area contributed by atoms with E-state index in [1.54, 1.807) is 0 Å².